The summed E-state index contributed by atoms with van der Waals surface area (Å²) in [5, 5.41) is 6.40. The molecule has 1 unspecified atom stereocenters. The lowest BCUT2D eigenvalue weighted by molar-refractivity contribution is 0.401. The first-order valence-electron chi connectivity index (χ1n) is 4.91. The molecule has 1 aromatic carbocycles. The Hall–Kier alpha value is -1.99. The summed E-state index contributed by atoms with van der Waals surface area (Å²) >= 11 is 0. The molecule has 0 spiro atoms. The van der Waals surface area contributed by atoms with E-state index in [0.717, 1.165) is 0 Å². The topological polar surface area (TPSA) is 88.8 Å². The molecule has 7 heteroatoms. The highest BCUT2D eigenvalue weighted by Crippen LogP contribution is 2.28. The quantitative estimate of drug-likeness (QED) is 0.532. The lowest BCUT2D eigenvalue weighted by Gasteiger charge is -2.16. The van der Waals surface area contributed by atoms with Crippen LogP contribution in [0.5, 0.6) is 5.75 Å². The summed E-state index contributed by atoms with van der Waals surface area (Å²) < 4.78 is 18.4. The van der Waals surface area contributed by atoms with Crippen LogP contribution in [0, 0.1) is 5.82 Å². The minimum absolute atomic E-state index is 0.374. The molecule has 0 aliphatic heterocycles. The number of nitrogens with zero attached hydrogens (tertiary/aromatic N) is 2. The normalized spacial score (nSPS) is 12.4. The van der Waals surface area contributed by atoms with Crippen molar-refractivity contribution in [3.05, 3.63) is 41.7 Å². The molecule has 17 heavy (non-hydrogen) atoms. The molecule has 2 aromatic rings. The average Bonchev–Trinajstić information content (AvgIpc) is 2.84. The monoisotopic (exact) mass is 237 g/mol. The molecule has 1 atom stereocenters. The van der Waals surface area contributed by atoms with Crippen molar-refractivity contribution in [3.63, 3.8) is 0 Å². The number of hydrogen-bond donors (Lipinski definition) is 3. The Balaban J connectivity index is 2.46. The van der Waals surface area contributed by atoms with Gasteiger partial charge in [-0.05, 0) is 18.2 Å². The van der Waals surface area contributed by atoms with Gasteiger partial charge in [-0.1, -0.05) is 0 Å². The van der Waals surface area contributed by atoms with Gasteiger partial charge in [0.25, 0.3) is 0 Å². The zero-order valence-electron chi connectivity index (χ0n) is 9.14. The first-order valence-corrected chi connectivity index (χ1v) is 4.91. The highest BCUT2D eigenvalue weighted by molar-refractivity contribution is 5.39. The van der Waals surface area contributed by atoms with Gasteiger partial charge >= 0.3 is 0 Å². The van der Waals surface area contributed by atoms with Crippen LogP contribution in [-0.2, 0) is 0 Å². The number of hydrazine groups is 1. The maximum Gasteiger partial charge on any atom is 0.147 e. The summed E-state index contributed by atoms with van der Waals surface area (Å²) in [5.41, 5.74) is 3.09. The number of aromatic amines is 1. The molecule has 0 radical (unpaired) electrons. The molecule has 1 heterocycles. The van der Waals surface area contributed by atoms with E-state index in [1.807, 2.05) is 0 Å². The van der Waals surface area contributed by atoms with Gasteiger partial charge in [0.15, 0.2) is 0 Å². The third-order valence-electron chi connectivity index (χ3n) is 2.38. The van der Waals surface area contributed by atoms with Crippen molar-refractivity contribution in [2.24, 2.45) is 5.84 Å². The third kappa shape index (κ3) is 2.24. The highest BCUT2D eigenvalue weighted by atomic mass is 19.1. The molecule has 1 aromatic heterocycles. The van der Waals surface area contributed by atoms with Gasteiger partial charge in [-0.15, -0.1) is 0 Å². The van der Waals surface area contributed by atoms with E-state index in [1.165, 1.54) is 31.6 Å². The van der Waals surface area contributed by atoms with Crippen LogP contribution in [0.1, 0.15) is 17.4 Å². The first kappa shape index (κ1) is 11.5. The maximum absolute atomic E-state index is 13.3. The minimum atomic E-state index is -0.511. The number of methoxy groups -OCH3 is 1. The molecule has 0 aliphatic rings. The van der Waals surface area contributed by atoms with Crippen molar-refractivity contribution >= 4 is 0 Å². The molecular formula is C10H12FN5O. The number of nitrogens with two attached hydrogens (primary N) is 1. The number of ether oxygens (including phenoxy) is 1. The summed E-state index contributed by atoms with van der Waals surface area (Å²) in [4.78, 5) is 3.98. The second-order valence-corrected chi connectivity index (χ2v) is 3.36. The Morgan fingerprint density at radius 2 is 2.35 bits per heavy atom. The van der Waals surface area contributed by atoms with Crippen LogP contribution in [0.25, 0.3) is 0 Å². The molecule has 6 nitrogen and oxygen atoms in total. The smallest absolute Gasteiger partial charge is 0.147 e. The van der Waals surface area contributed by atoms with Crippen molar-refractivity contribution in [2.75, 3.05) is 7.11 Å². The summed E-state index contributed by atoms with van der Waals surface area (Å²) in [6.07, 6.45) is 1.35. The molecule has 0 amide bonds. The number of benzene rings is 1. The number of rotatable bonds is 4. The molecule has 0 saturated carbocycles. The van der Waals surface area contributed by atoms with Gasteiger partial charge in [0.1, 0.15) is 29.8 Å². The van der Waals surface area contributed by atoms with E-state index in [9.17, 15) is 4.39 Å². The Morgan fingerprint density at radius 1 is 1.53 bits per heavy atom. The van der Waals surface area contributed by atoms with Crippen LogP contribution in [0.15, 0.2) is 24.5 Å². The van der Waals surface area contributed by atoms with Gasteiger partial charge in [0.2, 0.25) is 0 Å². The van der Waals surface area contributed by atoms with E-state index in [4.69, 9.17) is 10.6 Å². The minimum Gasteiger partial charge on any atom is -0.496 e. The van der Waals surface area contributed by atoms with E-state index < -0.39 is 6.04 Å². The predicted octanol–water partition coefficient (Wildman–Crippen LogP) is 0.505. The molecule has 0 saturated heterocycles. The van der Waals surface area contributed by atoms with Crippen molar-refractivity contribution in [1.82, 2.24) is 20.6 Å². The van der Waals surface area contributed by atoms with Gasteiger partial charge in [0.05, 0.1) is 7.11 Å². The van der Waals surface area contributed by atoms with Gasteiger partial charge in [-0.2, -0.15) is 5.10 Å². The second-order valence-electron chi connectivity index (χ2n) is 3.36. The Labute approximate surface area is 97.0 Å². The van der Waals surface area contributed by atoms with Gasteiger partial charge in [-0.3, -0.25) is 10.9 Å². The number of hydrogen-bond acceptors (Lipinski definition) is 5. The Morgan fingerprint density at radius 3 is 2.94 bits per heavy atom. The molecular weight excluding hydrogens is 225 g/mol. The predicted molar refractivity (Wildman–Crippen MR) is 58.5 cm³/mol. The lowest BCUT2D eigenvalue weighted by atomic mass is 10.1. The van der Waals surface area contributed by atoms with Crippen molar-refractivity contribution in [3.8, 4) is 5.75 Å². The summed E-state index contributed by atoms with van der Waals surface area (Å²) in [5.74, 6) is 6.08. The molecule has 0 bridgehead atoms. The fraction of sp³-hybridized carbons (Fsp3) is 0.200. The van der Waals surface area contributed by atoms with Gasteiger partial charge in [-0.25, -0.2) is 14.8 Å². The highest BCUT2D eigenvalue weighted by Gasteiger charge is 2.20. The van der Waals surface area contributed by atoms with E-state index in [-0.39, 0.29) is 5.82 Å². The number of halogens is 1. The number of H-pyrrole nitrogens is 1. The van der Waals surface area contributed by atoms with E-state index >= 15 is 0 Å². The SMILES string of the molecule is COc1ccc(F)cc1C(NN)c1ncn[nH]1. The van der Waals surface area contributed by atoms with E-state index in [0.29, 0.717) is 17.1 Å². The third-order valence-corrected chi connectivity index (χ3v) is 2.38. The Kier molecular flexibility index (Phi) is 3.31. The standard InChI is InChI=1S/C10H12FN5O/c1-17-8-3-2-6(11)4-7(8)9(15-12)10-13-5-14-16-10/h2-5,9,15H,12H2,1H3,(H,13,14,16). The molecule has 4 N–H and O–H groups in total. The summed E-state index contributed by atoms with van der Waals surface area (Å²) in [6, 6.07) is 3.68. The van der Waals surface area contributed by atoms with Crippen LogP contribution in [0.2, 0.25) is 0 Å². The van der Waals surface area contributed by atoms with E-state index in [1.54, 1.807) is 0 Å². The Bertz CT molecular complexity index is 487. The van der Waals surface area contributed by atoms with Crippen molar-refractivity contribution in [2.45, 2.75) is 6.04 Å². The zero-order chi connectivity index (χ0) is 12.3. The molecule has 90 valence electrons. The summed E-state index contributed by atoms with van der Waals surface area (Å²) in [7, 11) is 1.50. The van der Waals surface area contributed by atoms with Gasteiger partial charge < -0.3 is 4.74 Å². The van der Waals surface area contributed by atoms with Crippen LogP contribution >= 0.6 is 0 Å². The van der Waals surface area contributed by atoms with Crippen molar-refractivity contribution < 1.29 is 9.13 Å². The lowest BCUT2D eigenvalue weighted by Crippen LogP contribution is -2.30. The average molecular weight is 237 g/mol. The number of nitrogens with one attached hydrogen (secondary N) is 2. The van der Waals surface area contributed by atoms with Gasteiger partial charge in [0, 0.05) is 5.56 Å². The largest absolute Gasteiger partial charge is 0.496 e. The van der Waals surface area contributed by atoms with Crippen LogP contribution in [-0.4, -0.2) is 22.3 Å². The molecule has 2 rings (SSSR count). The van der Waals surface area contributed by atoms with Crippen LogP contribution in [0.3, 0.4) is 0 Å². The summed E-state index contributed by atoms with van der Waals surface area (Å²) in [6.45, 7) is 0. The molecule has 0 aliphatic carbocycles. The fourth-order valence-electron chi connectivity index (χ4n) is 1.60. The van der Waals surface area contributed by atoms with Crippen LogP contribution < -0.4 is 16.0 Å². The van der Waals surface area contributed by atoms with E-state index in [2.05, 4.69) is 20.6 Å². The zero-order valence-corrected chi connectivity index (χ0v) is 9.14. The van der Waals surface area contributed by atoms with Crippen molar-refractivity contribution in [1.29, 1.82) is 0 Å². The maximum atomic E-state index is 13.3. The molecule has 0 fully saturated rings. The van der Waals surface area contributed by atoms with Crippen LogP contribution in [0.4, 0.5) is 4.39 Å². The first-order chi connectivity index (χ1) is 8.26. The second kappa shape index (κ2) is 4.89. The number of aromatic nitrogens is 3. The fourth-order valence-corrected chi connectivity index (χ4v) is 1.60.